The number of hydrogen-bond donors (Lipinski definition) is 1. The van der Waals surface area contributed by atoms with Crippen molar-refractivity contribution in [2.45, 2.75) is 19.8 Å². The Morgan fingerprint density at radius 3 is 2.46 bits per heavy atom. The van der Waals surface area contributed by atoms with Gasteiger partial charge < -0.3 is 5.73 Å². The first-order valence-electron chi connectivity index (χ1n) is 4.82. The minimum Gasteiger partial charge on any atom is -0.330 e. The van der Waals surface area contributed by atoms with Crippen molar-refractivity contribution in [3.8, 4) is 0 Å². The standard InChI is InChI=1S/C12H17N/c1-2-11-6-8-12(9-7-11)5-3-4-10-13/h3,5-9H,2,4,10,13H2,1H3. The third-order valence-corrected chi connectivity index (χ3v) is 2.03. The first-order chi connectivity index (χ1) is 6.36. The Balaban J connectivity index is 2.58. The molecule has 0 bridgehead atoms. The summed E-state index contributed by atoms with van der Waals surface area (Å²) in [5, 5.41) is 0. The van der Waals surface area contributed by atoms with Gasteiger partial charge >= 0.3 is 0 Å². The van der Waals surface area contributed by atoms with E-state index in [1.54, 1.807) is 0 Å². The topological polar surface area (TPSA) is 26.0 Å². The zero-order valence-corrected chi connectivity index (χ0v) is 8.16. The Bertz CT molecular complexity index is 259. The van der Waals surface area contributed by atoms with E-state index in [0.717, 1.165) is 19.4 Å². The van der Waals surface area contributed by atoms with Crippen molar-refractivity contribution < 1.29 is 0 Å². The van der Waals surface area contributed by atoms with E-state index in [2.05, 4.69) is 43.3 Å². The van der Waals surface area contributed by atoms with Crippen LogP contribution in [-0.4, -0.2) is 6.54 Å². The Kier molecular flexibility index (Phi) is 4.27. The Hall–Kier alpha value is -1.08. The van der Waals surface area contributed by atoms with E-state index in [9.17, 15) is 0 Å². The molecule has 0 aliphatic rings. The van der Waals surface area contributed by atoms with Gasteiger partial charge in [-0.15, -0.1) is 0 Å². The molecule has 0 unspecified atom stereocenters. The quantitative estimate of drug-likeness (QED) is 0.748. The summed E-state index contributed by atoms with van der Waals surface area (Å²) in [5.41, 5.74) is 8.03. The van der Waals surface area contributed by atoms with Crippen molar-refractivity contribution in [3.05, 3.63) is 41.5 Å². The Morgan fingerprint density at radius 2 is 1.92 bits per heavy atom. The maximum Gasteiger partial charge on any atom is -0.00425 e. The highest BCUT2D eigenvalue weighted by molar-refractivity contribution is 5.49. The fourth-order valence-corrected chi connectivity index (χ4v) is 1.18. The fourth-order valence-electron chi connectivity index (χ4n) is 1.18. The van der Waals surface area contributed by atoms with Crippen LogP contribution in [0.2, 0.25) is 0 Å². The highest BCUT2D eigenvalue weighted by Gasteiger charge is 1.88. The van der Waals surface area contributed by atoms with E-state index >= 15 is 0 Å². The Morgan fingerprint density at radius 1 is 1.23 bits per heavy atom. The van der Waals surface area contributed by atoms with E-state index in [0.29, 0.717) is 0 Å². The molecular weight excluding hydrogens is 158 g/mol. The van der Waals surface area contributed by atoms with Crippen molar-refractivity contribution in [1.29, 1.82) is 0 Å². The molecule has 0 aromatic heterocycles. The van der Waals surface area contributed by atoms with Crippen LogP contribution >= 0.6 is 0 Å². The van der Waals surface area contributed by atoms with Gasteiger partial charge in [0, 0.05) is 0 Å². The molecule has 0 heterocycles. The van der Waals surface area contributed by atoms with Crippen molar-refractivity contribution >= 4 is 6.08 Å². The third kappa shape index (κ3) is 3.43. The van der Waals surface area contributed by atoms with Crippen molar-refractivity contribution in [2.24, 2.45) is 5.73 Å². The molecule has 0 radical (unpaired) electrons. The number of aryl methyl sites for hydroxylation is 1. The molecule has 70 valence electrons. The minimum absolute atomic E-state index is 0.726. The van der Waals surface area contributed by atoms with Gasteiger partial charge in [-0.3, -0.25) is 0 Å². The molecule has 0 aliphatic carbocycles. The van der Waals surface area contributed by atoms with Crippen molar-refractivity contribution in [1.82, 2.24) is 0 Å². The molecule has 0 saturated carbocycles. The van der Waals surface area contributed by atoms with Crippen LogP contribution in [0.5, 0.6) is 0 Å². The molecule has 2 N–H and O–H groups in total. The predicted octanol–water partition coefficient (Wildman–Crippen LogP) is 2.61. The van der Waals surface area contributed by atoms with E-state index in [1.807, 2.05) is 0 Å². The maximum absolute atomic E-state index is 5.39. The first kappa shape index (κ1) is 10.0. The lowest BCUT2D eigenvalue weighted by molar-refractivity contribution is 1.01. The average Bonchev–Trinajstić information content (AvgIpc) is 2.19. The summed E-state index contributed by atoms with van der Waals surface area (Å²) in [6.45, 7) is 2.89. The molecule has 0 fully saturated rings. The first-order valence-corrected chi connectivity index (χ1v) is 4.82. The zero-order chi connectivity index (χ0) is 9.52. The number of nitrogens with two attached hydrogens (primary N) is 1. The molecule has 1 heteroatoms. The third-order valence-electron chi connectivity index (χ3n) is 2.03. The van der Waals surface area contributed by atoms with E-state index in [4.69, 9.17) is 5.73 Å². The summed E-state index contributed by atoms with van der Waals surface area (Å²) < 4.78 is 0. The minimum atomic E-state index is 0.726. The van der Waals surface area contributed by atoms with Crippen LogP contribution in [0.1, 0.15) is 24.5 Å². The van der Waals surface area contributed by atoms with Gasteiger partial charge in [-0.1, -0.05) is 43.3 Å². The van der Waals surface area contributed by atoms with Crippen molar-refractivity contribution in [2.75, 3.05) is 6.54 Å². The molecule has 1 nitrogen and oxygen atoms in total. The molecule has 1 aromatic carbocycles. The smallest absolute Gasteiger partial charge is 0.00425 e. The van der Waals surface area contributed by atoms with Crippen LogP contribution in [0.25, 0.3) is 6.08 Å². The van der Waals surface area contributed by atoms with Gasteiger partial charge in [-0.05, 0) is 30.5 Å². The summed E-state index contributed by atoms with van der Waals surface area (Å²) in [4.78, 5) is 0. The second-order valence-electron chi connectivity index (χ2n) is 3.07. The summed E-state index contributed by atoms with van der Waals surface area (Å²) in [5.74, 6) is 0. The van der Waals surface area contributed by atoms with Crippen LogP contribution < -0.4 is 5.73 Å². The van der Waals surface area contributed by atoms with Crippen LogP contribution in [0.15, 0.2) is 30.3 Å². The molecule has 0 amide bonds. The lowest BCUT2D eigenvalue weighted by Crippen LogP contribution is -1.94. The molecule has 0 saturated heterocycles. The van der Waals surface area contributed by atoms with Crippen LogP contribution in [0.4, 0.5) is 0 Å². The predicted molar refractivity (Wildman–Crippen MR) is 58.5 cm³/mol. The van der Waals surface area contributed by atoms with Crippen LogP contribution in [0.3, 0.4) is 0 Å². The number of benzene rings is 1. The largest absolute Gasteiger partial charge is 0.330 e. The lowest BCUT2D eigenvalue weighted by Gasteiger charge is -1.96. The highest BCUT2D eigenvalue weighted by Crippen LogP contribution is 2.06. The van der Waals surface area contributed by atoms with Gasteiger partial charge in [-0.25, -0.2) is 0 Å². The van der Waals surface area contributed by atoms with Gasteiger partial charge in [0.15, 0.2) is 0 Å². The average molecular weight is 175 g/mol. The summed E-state index contributed by atoms with van der Waals surface area (Å²) in [6.07, 6.45) is 6.29. The SMILES string of the molecule is CCc1ccc(C=CCCN)cc1. The lowest BCUT2D eigenvalue weighted by atomic mass is 10.1. The molecule has 1 aromatic rings. The van der Waals surface area contributed by atoms with Gasteiger partial charge in [0.2, 0.25) is 0 Å². The molecule has 0 spiro atoms. The normalized spacial score (nSPS) is 10.9. The van der Waals surface area contributed by atoms with E-state index < -0.39 is 0 Å². The van der Waals surface area contributed by atoms with Gasteiger partial charge in [0.25, 0.3) is 0 Å². The van der Waals surface area contributed by atoms with Gasteiger partial charge in [0.1, 0.15) is 0 Å². The molecule has 13 heavy (non-hydrogen) atoms. The van der Waals surface area contributed by atoms with Crippen molar-refractivity contribution in [3.63, 3.8) is 0 Å². The van der Waals surface area contributed by atoms with Crippen LogP contribution in [-0.2, 0) is 6.42 Å². The summed E-state index contributed by atoms with van der Waals surface area (Å²) in [6, 6.07) is 8.63. The van der Waals surface area contributed by atoms with Gasteiger partial charge in [0.05, 0.1) is 0 Å². The summed E-state index contributed by atoms with van der Waals surface area (Å²) in [7, 11) is 0. The zero-order valence-electron chi connectivity index (χ0n) is 8.16. The monoisotopic (exact) mass is 175 g/mol. The van der Waals surface area contributed by atoms with Gasteiger partial charge in [-0.2, -0.15) is 0 Å². The fraction of sp³-hybridized carbons (Fsp3) is 0.333. The van der Waals surface area contributed by atoms with E-state index in [1.165, 1.54) is 11.1 Å². The Labute approximate surface area is 80.3 Å². The van der Waals surface area contributed by atoms with E-state index in [-0.39, 0.29) is 0 Å². The molecule has 1 rings (SSSR count). The number of hydrogen-bond acceptors (Lipinski definition) is 1. The molecule has 0 aliphatic heterocycles. The van der Waals surface area contributed by atoms with Crippen LogP contribution in [0, 0.1) is 0 Å². The molecule has 0 atom stereocenters. The second kappa shape index (κ2) is 5.55. The summed E-state index contributed by atoms with van der Waals surface area (Å²) >= 11 is 0. The maximum atomic E-state index is 5.39. The highest BCUT2D eigenvalue weighted by atomic mass is 14.5. The second-order valence-corrected chi connectivity index (χ2v) is 3.07. The molecular formula is C12H17N. The number of rotatable bonds is 4.